The Kier molecular flexibility index (Phi) is 4.27. The number of aromatic carboxylic acids is 1. The Balaban J connectivity index is 2.30. The number of nitrogens with zero attached hydrogens (tertiary/aromatic N) is 2. The highest BCUT2D eigenvalue weighted by Crippen LogP contribution is 2.24. The van der Waals surface area contributed by atoms with Crippen molar-refractivity contribution < 1.29 is 14.6 Å². The number of carbonyl (C=O) groups is 1. The molecule has 0 atom stereocenters. The number of ether oxygens (including phenoxy) is 1. The first kappa shape index (κ1) is 14.6. The summed E-state index contributed by atoms with van der Waals surface area (Å²) in [5, 5.41) is 9.01. The Hall–Kier alpha value is -2.76. The molecule has 2 rings (SSSR count). The van der Waals surface area contributed by atoms with Crippen molar-refractivity contribution in [1.82, 2.24) is 4.98 Å². The minimum absolute atomic E-state index is 0.0360. The number of nitrogens with two attached hydrogens (primary N) is 1. The fourth-order valence-electron chi connectivity index (χ4n) is 2.05. The fraction of sp³-hybridized carbons (Fsp3) is 0.200. The van der Waals surface area contributed by atoms with Gasteiger partial charge >= 0.3 is 5.97 Å². The van der Waals surface area contributed by atoms with E-state index in [0.717, 1.165) is 11.3 Å². The van der Waals surface area contributed by atoms with Crippen LogP contribution in [-0.2, 0) is 6.54 Å². The minimum Gasteiger partial charge on any atom is -0.496 e. The van der Waals surface area contributed by atoms with Crippen LogP contribution in [0.3, 0.4) is 0 Å². The topological polar surface area (TPSA) is 88.7 Å². The van der Waals surface area contributed by atoms with Crippen molar-refractivity contribution in [2.75, 3.05) is 24.8 Å². The third-order valence-corrected chi connectivity index (χ3v) is 3.09. The van der Waals surface area contributed by atoms with Crippen LogP contribution in [0, 0.1) is 0 Å². The van der Waals surface area contributed by atoms with Gasteiger partial charge < -0.3 is 20.5 Å². The van der Waals surface area contributed by atoms with Crippen LogP contribution in [0.4, 0.5) is 11.5 Å². The number of aromatic nitrogens is 1. The second-order valence-electron chi connectivity index (χ2n) is 4.58. The molecule has 0 unspecified atom stereocenters. The first-order chi connectivity index (χ1) is 10.0. The summed E-state index contributed by atoms with van der Waals surface area (Å²) in [7, 11) is 3.41. The minimum atomic E-state index is -1.08. The van der Waals surface area contributed by atoms with Crippen molar-refractivity contribution in [3.8, 4) is 5.75 Å². The number of hydrogen-bond acceptors (Lipinski definition) is 5. The molecule has 0 spiro atoms. The third-order valence-electron chi connectivity index (χ3n) is 3.09. The molecule has 6 heteroatoms. The van der Waals surface area contributed by atoms with Gasteiger partial charge in [-0.3, -0.25) is 0 Å². The molecular weight excluding hydrogens is 270 g/mol. The predicted molar refractivity (Wildman–Crippen MR) is 80.7 cm³/mol. The number of rotatable bonds is 5. The number of anilines is 2. The van der Waals surface area contributed by atoms with Gasteiger partial charge in [0.15, 0.2) is 11.5 Å². The maximum Gasteiger partial charge on any atom is 0.354 e. The van der Waals surface area contributed by atoms with Crippen molar-refractivity contribution in [2.24, 2.45) is 0 Å². The Bertz CT molecular complexity index is 658. The first-order valence-corrected chi connectivity index (χ1v) is 6.35. The van der Waals surface area contributed by atoms with Crippen LogP contribution in [0.1, 0.15) is 16.1 Å². The van der Waals surface area contributed by atoms with Crippen LogP contribution in [0.25, 0.3) is 0 Å². The molecule has 0 aliphatic rings. The van der Waals surface area contributed by atoms with Crippen molar-refractivity contribution in [3.63, 3.8) is 0 Å². The molecule has 0 radical (unpaired) electrons. The van der Waals surface area contributed by atoms with E-state index in [1.165, 1.54) is 6.07 Å². The Morgan fingerprint density at radius 3 is 2.71 bits per heavy atom. The molecule has 110 valence electrons. The van der Waals surface area contributed by atoms with Gasteiger partial charge in [-0.1, -0.05) is 18.2 Å². The second-order valence-corrected chi connectivity index (χ2v) is 4.58. The highest BCUT2D eigenvalue weighted by Gasteiger charge is 2.13. The zero-order chi connectivity index (χ0) is 15.4. The Morgan fingerprint density at radius 2 is 2.05 bits per heavy atom. The van der Waals surface area contributed by atoms with Gasteiger partial charge in [0.2, 0.25) is 0 Å². The van der Waals surface area contributed by atoms with Crippen LogP contribution < -0.4 is 15.4 Å². The van der Waals surface area contributed by atoms with Crippen LogP contribution in [0.5, 0.6) is 5.75 Å². The van der Waals surface area contributed by atoms with Gasteiger partial charge in [0.1, 0.15) is 5.75 Å². The van der Waals surface area contributed by atoms with Crippen molar-refractivity contribution in [3.05, 3.63) is 47.7 Å². The van der Waals surface area contributed by atoms with E-state index in [0.29, 0.717) is 18.1 Å². The van der Waals surface area contributed by atoms with E-state index in [-0.39, 0.29) is 5.69 Å². The zero-order valence-corrected chi connectivity index (χ0v) is 11.9. The van der Waals surface area contributed by atoms with Gasteiger partial charge in [-0.25, -0.2) is 9.78 Å². The van der Waals surface area contributed by atoms with E-state index >= 15 is 0 Å². The molecule has 0 bridgehead atoms. The number of hydrogen-bond donors (Lipinski definition) is 2. The van der Waals surface area contributed by atoms with Crippen molar-refractivity contribution >= 4 is 17.5 Å². The molecule has 0 fully saturated rings. The SMILES string of the molecule is COc1ccccc1CN(C)c1nc(C(=O)O)ccc1N. The maximum absolute atomic E-state index is 11.0. The van der Waals surface area contributed by atoms with E-state index in [2.05, 4.69) is 4.98 Å². The van der Waals surface area contributed by atoms with Gasteiger partial charge in [0, 0.05) is 19.2 Å². The number of nitrogen functional groups attached to an aromatic ring is 1. The van der Waals surface area contributed by atoms with E-state index in [1.54, 1.807) is 25.1 Å². The second kappa shape index (κ2) is 6.13. The summed E-state index contributed by atoms with van der Waals surface area (Å²) >= 11 is 0. The molecular formula is C15H17N3O3. The summed E-state index contributed by atoms with van der Waals surface area (Å²) < 4.78 is 5.30. The summed E-state index contributed by atoms with van der Waals surface area (Å²) in [4.78, 5) is 16.9. The van der Waals surface area contributed by atoms with Gasteiger partial charge in [-0.15, -0.1) is 0 Å². The molecule has 2 aromatic rings. The van der Waals surface area contributed by atoms with Crippen LogP contribution in [-0.4, -0.2) is 30.2 Å². The van der Waals surface area contributed by atoms with E-state index < -0.39 is 5.97 Å². The van der Waals surface area contributed by atoms with E-state index in [4.69, 9.17) is 15.6 Å². The lowest BCUT2D eigenvalue weighted by Crippen LogP contribution is -2.20. The molecule has 6 nitrogen and oxygen atoms in total. The van der Waals surface area contributed by atoms with Gasteiger partial charge in [-0.05, 0) is 18.2 Å². The summed E-state index contributed by atoms with van der Waals surface area (Å²) in [5.41, 5.74) is 7.24. The highest BCUT2D eigenvalue weighted by atomic mass is 16.5. The monoisotopic (exact) mass is 287 g/mol. The van der Waals surface area contributed by atoms with Crippen LogP contribution in [0.15, 0.2) is 36.4 Å². The predicted octanol–water partition coefficient (Wildman–Crippen LogP) is 2.01. The third kappa shape index (κ3) is 3.22. The largest absolute Gasteiger partial charge is 0.496 e. The molecule has 1 aromatic heterocycles. The molecule has 0 saturated heterocycles. The van der Waals surface area contributed by atoms with Gasteiger partial charge in [0.25, 0.3) is 0 Å². The van der Waals surface area contributed by atoms with Crippen LogP contribution >= 0.6 is 0 Å². The lowest BCUT2D eigenvalue weighted by molar-refractivity contribution is 0.0690. The average Bonchev–Trinajstić information content (AvgIpc) is 2.47. The number of carboxylic acid groups (broad SMARTS) is 1. The first-order valence-electron chi connectivity index (χ1n) is 6.35. The van der Waals surface area contributed by atoms with Gasteiger partial charge in [0.05, 0.1) is 12.8 Å². The van der Waals surface area contributed by atoms with Crippen molar-refractivity contribution in [2.45, 2.75) is 6.54 Å². The van der Waals surface area contributed by atoms with E-state index in [9.17, 15) is 4.79 Å². The molecule has 0 amide bonds. The standard InChI is InChI=1S/C15H17N3O3/c1-18(9-10-5-3-4-6-13(10)21-2)14-11(16)7-8-12(17-14)15(19)20/h3-8H,9,16H2,1-2H3,(H,19,20). The highest BCUT2D eigenvalue weighted by molar-refractivity contribution is 5.86. The zero-order valence-electron chi connectivity index (χ0n) is 11.9. The fourth-order valence-corrected chi connectivity index (χ4v) is 2.05. The summed E-state index contributed by atoms with van der Waals surface area (Å²) in [6.45, 7) is 0.504. The smallest absolute Gasteiger partial charge is 0.354 e. The molecule has 3 N–H and O–H groups in total. The van der Waals surface area contributed by atoms with Crippen molar-refractivity contribution in [1.29, 1.82) is 0 Å². The number of pyridine rings is 1. The quantitative estimate of drug-likeness (QED) is 0.874. The molecule has 0 aliphatic heterocycles. The molecule has 1 aromatic carbocycles. The number of carboxylic acids is 1. The number of para-hydroxylation sites is 1. The summed E-state index contributed by atoms with van der Waals surface area (Å²) in [5.74, 6) is 0.111. The molecule has 1 heterocycles. The Labute approximate surface area is 122 Å². The normalized spacial score (nSPS) is 10.2. The Morgan fingerprint density at radius 1 is 1.33 bits per heavy atom. The lowest BCUT2D eigenvalue weighted by atomic mass is 10.2. The van der Waals surface area contributed by atoms with Gasteiger partial charge in [-0.2, -0.15) is 0 Å². The molecule has 0 saturated carbocycles. The number of methoxy groups -OCH3 is 1. The molecule has 21 heavy (non-hydrogen) atoms. The van der Waals surface area contributed by atoms with E-state index in [1.807, 2.05) is 24.3 Å². The molecule has 0 aliphatic carbocycles. The number of benzene rings is 1. The average molecular weight is 287 g/mol. The van der Waals surface area contributed by atoms with Crippen LogP contribution in [0.2, 0.25) is 0 Å². The lowest BCUT2D eigenvalue weighted by Gasteiger charge is -2.21. The summed E-state index contributed by atoms with van der Waals surface area (Å²) in [6.07, 6.45) is 0. The maximum atomic E-state index is 11.0. The summed E-state index contributed by atoms with van der Waals surface area (Å²) in [6, 6.07) is 10.5.